The molecule has 4 nitrogen and oxygen atoms in total. The Kier molecular flexibility index (Phi) is 2.74. The summed E-state index contributed by atoms with van der Waals surface area (Å²) in [6.45, 7) is 5.52. The van der Waals surface area contributed by atoms with Crippen molar-refractivity contribution in [2.24, 2.45) is 0 Å². The lowest BCUT2D eigenvalue weighted by atomic mass is 10.0. The summed E-state index contributed by atoms with van der Waals surface area (Å²) in [6.07, 6.45) is 1.29. The van der Waals surface area contributed by atoms with Gasteiger partial charge in [0.15, 0.2) is 0 Å². The molecule has 3 rings (SSSR count). The summed E-state index contributed by atoms with van der Waals surface area (Å²) in [4.78, 5) is 16.0. The van der Waals surface area contributed by atoms with E-state index >= 15 is 0 Å². The smallest absolute Gasteiger partial charge is 0.251 e. The number of piperidine rings is 1. The van der Waals surface area contributed by atoms with E-state index in [0.29, 0.717) is 6.04 Å². The molecule has 1 amide bonds. The van der Waals surface area contributed by atoms with Gasteiger partial charge in [-0.05, 0) is 19.8 Å². The molecule has 0 saturated carbocycles. The zero-order valence-electron chi connectivity index (χ0n) is 8.65. The maximum Gasteiger partial charge on any atom is 0.251 e. The number of fused-ring (bicyclic) bond motifs is 4. The predicted octanol–water partition coefficient (Wildman–Crippen LogP) is -0.326. The van der Waals surface area contributed by atoms with Crippen LogP contribution in [0.5, 0.6) is 0 Å². The van der Waals surface area contributed by atoms with Crippen LogP contribution in [-0.2, 0) is 4.79 Å². The standard InChI is InChI=1S/C10H18N2O2/c1-8(13)10(14)12-7-6-11-4-2-9(12)3-5-11/h8-9,13H,2-7H2,1H3. The van der Waals surface area contributed by atoms with Gasteiger partial charge in [-0.2, -0.15) is 0 Å². The van der Waals surface area contributed by atoms with E-state index in [-0.39, 0.29) is 5.91 Å². The molecule has 1 atom stereocenters. The molecule has 0 aliphatic carbocycles. The third kappa shape index (κ3) is 1.77. The highest BCUT2D eigenvalue weighted by atomic mass is 16.3. The Morgan fingerprint density at radius 2 is 1.93 bits per heavy atom. The number of aliphatic hydroxyl groups excluding tert-OH is 1. The lowest BCUT2D eigenvalue weighted by Crippen LogP contribution is -2.45. The maximum absolute atomic E-state index is 11.7. The molecule has 80 valence electrons. The minimum Gasteiger partial charge on any atom is -0.384 e. The SMILES string of the molecule is CC(O)C(=O)N1CCN2CCC1CC2. The van der Waals surface area contributed by atoms with Gasteiger partial charge in [0.2, 0.25) is 0 Å². The molecule has 0 spiro atoms. The molecule has 0 aromatic carbocycles. The maximum atomic E-state index is 11.7. The predicted molar refractivity (Wildman–Crippen MR) is 52.9 cm³/mol. The Labute approximate surface area is 84.5 Å². The van der Waals surface area contributed by atoms with Crippen molar-refractivity contribution < 1.29 is 9.90 Å². The van der Waals surface area contributed by atoms with E-state index in [2.05, 4.69) is 4.90 Å². The van der Waals surface area contributed by atoms with E-state index < -0.39 is 6.10 Å². The van der Waals surface area contributed by atoms with Crippen LogP contribution in [0.25, 0.3) is 0 Å². The molecule has 4 heteroatoms. The lowest BCUT2D eigenvalue weighted by molar-refractivity contribution is -0.141. The molecule has 2 bridgehead atoms. The summed E-state index contributed by atoms with van der Waals surface area (Å²) in [5.41, 5.74) is 0. The van der Waals surface area contributed by atoms with Gasteiger partial charge < -0.3 is 14.9 Å². The molecule has 1 N–H and O–H groups in total. The van der Waals surface area contributed by atoms with Crippen LogP contribution in [0.2, 0.25) is 0 Å². The number of aliphatic hydroxyl groups is 1. The summed E-state index contributed by atoms with van der Waals surface area (Å²) >= 11 is 0. The van der Waals surface area contributed by atoms with Gasteiger partial charge >= 0.3 is 0 Å². The van der Waals surface area contributed by atoms with Crippen LogP contribution in [0.1, 0.15) is 19.8 Å². The minimum absolute atomic E-state index is 0.0984. The monoisotopic (exact) mass is 198 g/mol. The lowest BCUT2D eigenvalue weighted by Gasteiger charge is -2.32. The number of nitrogens with zero attached hydrogens (tertiary/aromatic N) is 2. The van der Waals surface area contributed by atoms with Gasteiger partial charge in [-0.3, -0.25) is 4.79 Å². The minimum atomic E-state index is -0.845. The molecule has 1 unspecified atom stereocenters. The fraction of sp³-hybridized carbons (Fsp3) is 0.900. The first-order valence-electron chi connectivity index (χ1n) is 5.39. The Balaban J connectivity index is 2.07. The van der Waals surface area contributed by atoms with E-state index in [0.717, 1.165) is 39.0 Å². The van der Waals surface area contributed by atoms with Gasteiger partial charge in [-0.25, -0.2) is 0 Å². The van der Waals surface area contributed by atoms with Crippen LogP contribution in [-0.4, -0.2) is 59.1 Å². The largest absolute Gasteiger partial charge is 0.384 e. The zero-order chi connectivity index (χ0) is 10.1. The molecule has 0 radical (unpaired) electrons. The highest BCUT2D eigenvalue weighted by molar-refractivity contribution is 5.80. The van der Waals surface area contributed by atoms with Crippen molar-refractivity contribution in [1.82, 2.24) is 9.80 Å². The van der Waals surface area contributed by atoms with Crippen LogP contribution in [0.15, 0.2) is 0 Å². The van der Waals surface area contributed by atoms with Crippen molar-refractivity contribution in [2.45, 2.75) is 31.9 Å². The highest BCUT2D eigenvalue weighted by Gasteiger charge is 2.32. The fourth-order valence-corrected chi connectivity index (χ4v) is 2.42. The molecule has 3 heterocycles. The van der Waals surface area contributed by atoms with Crippen LogP contribution in [0.3, 0.4) is 0 Å². The molecular formula is C10H18N2O2. The molecule has 3 aliphatic heterocycles. The molecule has 14 heavy (non-hydrogen) atoms. The number of hydrogen-bond donors (Lipinski definition) is 1. The number of amides is 1. The highest BCUT2D eigenvalue weighted by Crippen LogP contribution is 2.21. The molecule has 3 aliphatic rings. The number of rotatable bonds is 1. The van der Waals surface area contributed by atoms with Crippen LogP contribution in [0, 0.1) is 0 Å². The quantitative estimate of drug-likeness (QED) is 0.627. The van der Waals surface area contributed by atoms with Crippen LogP contribution < -0.4 is 0 Å². The molecule has 3 saturated heterocycles. The Bertz CT molecular complexity index is 222. The van der Waals surface area contributed by atoms with Gasteiger partial charge in [0.05, 0.1) is 0 Å². The van der Waals surface area contributed by atoms with Crippen molar-refractivity contribution in [3.05, 3.63) is 0 Å². The van der Waals surface area contributed by atoms with Crippen LogP contribution in [0.4, 0.5) is 0 Å². The molecular weight excluding hydrogens is 180 g/mol. The van der Waals surface area contributed by atoms with Gasteiger partial charge in [0.1, 0.15) is 6.10 Å². The first kappa shape index (κ1) is 9.93. The van der Waals surface area contributed by atoms with Crippen molar-refractivity contribution in [1.29, 1.82) is 0 Å². The van der Waals surface area contributed by atoms with Gasteiger partial charge in [0.25, 0.3) is 5.91 Å². The normalized spacial score (nSPS) is 34.0. The second kappa shape index (κ2) is 3.87. The summed E-state index contributed by atoms with van der Waals surface area (Å²) < 4.78 is 0. The van der Waals surface area contributed by atoms with Gasteiger partial charge in [-0.15, -0.1) is 0 Å². The van der Waals surface area contributed by atoms with Gasteiger partial charge in [-0.1, -0.05) is 0 Å². The van der Waals surface area contributed by atoms with Crippen molar-refractivity contribution in [3.8, 4) is 0 Å². The summed E-state index contributed by atoms with van der Waals surface area (Å²) in [6, 6.07) is 0.371. The summed E-state index contributed by atoms with van der Waals surface area (Å²) in [7, 11) is 0. The van der Waals surface area contributed by atoms with E-state index in [1.165, 1.54) is 0 Å². The van der Waals surface area contributed by atoms with Crippen molar-refractivity contribution in [2.75, 3.05) is 26.2 Å². The van der Waals surface area contributed by atoms with Gasteiger partial charge in [0, 0.05) is 32.2 Å². The average molecular weight is 198 g/mol. The Morgan fingerprint density at radius 1 is 1.29 bits per heavy atom. The molecule has 3 fully saturated rings. The zero-order valence-corrected chi connectivity index (χ0v) is 8.65. The fourth-order valence-electron chi connectivity index (χ4n) is 2.42. The number of carbonyl (C=O) groups excluding carboxylic acids is 1. The van der Waals surface area contributed by atoms with Crippen molar-refractivity contribution >= 4 is 5.91 Å². The third-order valence-electron chi connectivity index (χ3n) is 3.30. The van der Waals surface area contributed by atoms with E-state index in [1.807, 2.05) is 4.90 Å². The summed E-state index contributed by atoms with van der Waals surface area (Å²) in [5, 5.41) is 9.29. The Morgan fingerprint density at radius 3 is 2.50 bits per heavy atom. The topological polar surface area (TPSA) is 43.8 Å². The second-order valence-electron chi connectivity index (χ2n) is 4.28. The Hall–Kier alpha value is -0.610. The first-order chi connectivity index (χ1) is 6.68. The number of carbonyl (C=O) groups is 1. The van der Waals surface area contributed by atoms with E-state index in [9.17, 15) is 9.90 Å². The van der Waals surface area contributed by atoms with E-state index in [4.69, 9.17) is 0 Å². The average Bonchev–Trinajstić information content (AvgIpc) is 2.49. The molecule has 0 aromatic heterocycles. The molecule has 0 aromatic rings. The first-order valence-corrected chi connectivity index (χ1v) is 5.39. The van der Waals surface area contributed by atoms with Crippen molar-refractivity contribution in [3.63, 3.8) is 0 Å². The van der Waals surface area contributed by atoms with Crippen LogP contribution >= 0.6 is 0 Å². The number of hydrogen-bond acceptors (Lipinski definition) is 3. The summed E-state index contributed by atoms with van der Waals surface area (Å²) in [5.74, 6) is -0.0984. The van der Waals surface area contributed by atoms with E-state index in [1.54, 1.807) is 6.92 Å². The third-order valence-corrected chi connectivity index (χ3v) is 3.30. The second-order valence-corrected chi connectivity index (χ2v) is 4.28.